The van der Waals surface area contributed by atoms with E-state index in [1.165, 1.54) is 12.7 Å². The third-order valence-electron chi connectivity index (χ3n) is 4.46. The SMILES string of the molecule is CCN(CC)Cc1ccc(C(=O)NCc2cccc(NC(=O)COC)c2)cc1. The van der Waals surface area contributed by atoms with Gasteiger partial charge in [0, 0.05) is 31.5 Å². The lowest BCUT2D eigenvalue weighted by molar-refractivity contribution is -0.119. The Morgan fingerprint density at radius 1 is 1.00 bits per heavy atom. The summed E-state index contributed by atoms with van der Waals surface area (Å²) in [6.07, 6.45) is 0. The van der Waals surface area contributed by atoms with Crippen LogP contribution in [0, 0.1) is 0 Å². The number of hydrogen-bond donors (Lipinski definition) is 2. The average molecular weight is 383 g/mol. The zero-order chi connectivity index (χ0) is 20.4. The molecule has 2 rings (SSSR count). The Morgan fingerprint density at radius 3 is 2.36 bits per heavy atom. The van der Waals surface area contributed by atoms with E-state index in [1.807, 2.05) is 42.5 Å². The lowest BCUT2D eigenvalue weighted by Crippen LogP contribution is -2.24. The molecule has 150 valence electrons. The average Bonchev–Trinajstić information content (AvgIpc) is 2.71. The number of anilines is 1. The van der Waals surface area contributed by atoms with Crippen molar-refractivity contribution in [2.45, 2.75) is 26.9 Å². The topological polar surface area (TPSA) is 70.7 Å². The summed E-state index contributed by atoms with van der Waals surface area (Å²) in [6, 6.07) is 15.1. The number of nitrogens with one attached hydrogen (secondary N) is 2. The maximum absolute atomic E-state index is 12.4. The molecule has 0 aliphatic carbocycles. The van der Waals surface area contributed by atoms with Gasteiger partial charge in [-0.1, -0.05) is 38.1 Å². The van der Waals surface area contributed by atoms with Crippen LogP contribution in [-0.2, 0) is 22.6 Å². The van der Waals surface area contributed by atoms with Crippen molar-refractivity contribution in [3.05, 3.63) is 65.2 Å². The van der Waals surface area contributed by atoms with Crippen molar-refractivity contribution in [3.8, 4) is 0 Å². The first-order valence-electron chi connectivity index (χ1n) is 9.53. The minimum absolute atomic E-state index is 0.00519. The molecule has 28 heavy (non-hydrogen) atoms. The highest BCUT2D eigenvalue weighted by molar-refractivity contribution is 5.94. The quantitative estimate of drug-likeness (QED) is 0.662. The molecule has 0 aliphatic heterocycles. The van der Waals surface area contributed by atoms with Crippen molar-refractivity contribution in [3.63, 3.8) is 0 Å². The number of methoxy groups -OCH3 is 1. The zero-order valence-corrected chi connectivity index (χ0v) is 16.8. The van der Waals surface area contributed by atoms with E-state index in [4.69, 9.17) is 4.74 Å². The molecule has 0 aromatic heterocycles. The highest BCUT2D eigenvalue weighted by Gasteiger charge is 2.07. The molecule has 0 unspecified atom stereocenters. The number of ether oxygens (including phenoxy) is 1. The van der Waals surface area contributed by atoms with E-state index < -0.39 is 0 Å². The van der Waals surface area contributed by atoms with E-state index in [9.17, 15) is 9.59 Å². The predicted molar refractivity (Wildman–Crippen MR) is 111 cm³/mol. The molecule has 2 N–H and O–H groups in total. The fourth-order valence-corrected chi connectivity index (χ4v) is 2.84. The van der Waals surface area contributed by atoms with Gasteiger partial charge in [-0.15, -0.1) is 0 Å². The molecule has 0 saturated carbocycles. The van der Waals surface area contributed by atoms with Crippen molar-refractivity contribution < 1.29 is 14.3 Å². The van der Waals surface area contributed by atoms with E-state index in [2.05, 4.69) is 29.4 Å². The van der Waals surface area contributed by atoms with Gasteiger partial charge in [0.25, 0.3) is 5.91 Å². The summed E-state index contributed by atoms with van der Waals surface area (Å²) < 4.78 is 4.80. The summed E-state index contributed by atoms with van der Waals surface area (Å²) in [4.78, 5) is 26.3. The number of rotatable bonds is 10. The second-order valence-corrected chi connectivity index (χ2v) is 6.52. The summed E-state index contributed by atoms with van der Waals surface area (Å²) in [6.45, 7) is 7.57. The molecule has 0 spiro atoms. The van der Waals surface area contributed by atoms with Crippen LogP contribution in [0.15, 0.2) is 48.5 Å². The van der Waals surface area contributed by atoms with Gasteiger partial charge in [-0.25, -0.2) is 0 Å². The summed E-state index contributed by atoms with van der Waals surface area (Å²) in [5, 5.41) is 5.67. The van der Waals surface area contributed by atoms with Crippen LogP contribution in [0.5, 0.6) is 0 Å². The fourth-order valence-electron chi connectivity index (χ4n) is 2.84. The first-order valence-corrected chi connectivity index (χ1v) is 9.53. The normalized spacial score (nSPS) is 10.7. The second-order valence-electron chi connectivity index (χ2n) is 6.52. The van der Waals surface area contributed by atoms with E-state index in [0.717, 1.165) is 25.2 Å². The van der Waals surface area contributed by atoms with Crippen molar-refractivity contribution in [1.82, 2.24) is 10.2 Å². The Hall–Kier alpha value is -2.70. The van der Waals surface area contributed by atoms with E-state index in [0.29, 0.717) is 17.8 Å². The Morgan fingerprint density at radius 2 is 1.71 bits per heavy atom. The van der Waals surface area contributed by atoms with Crippen LogP contribution in [0.2, 0.25) is 0 Å². The van der Waals surface area contributed by atoms with Crippen LogP contribution in [0.25, 0.3) is 0 Å². The molecule has 0 saturated heterocycles. The minimum Gasteiger partial charge on any atom is -0.375 e. The molecule has 0 heterocycles. The number of benzene rings is 2. The maximum atomic E-state index is 12.4. The van der Waals surface area contributed by atoms with Crippen molar-refractivity contribution in [2.24, 2.45) is 0 Å². The molecule has 6 heteroatoms. The summed E-state index contributed by atoms with van der Waals surface area (Å²) in [5.41, 5.74) is 3.41. The van der Waals surface area contributed by atoms with Gasteiger partial charge in [-0.3, -0.25) is 14.5 Å². The van der Waals surface area contributed by atoms with Gasteiger partial charge in [-0.05, 0) is 48.5 Å². The van der Waals surface area contributed by atoms with Gasteiger partial charge in [0.1, 0.15) is 6.61 Å². The van der Waals surface area contributed by atoms with Crippen molar-refractivity contribution in [1.29, 1.82) is 0 Å². The van der Waals surface area contributed by atoms with Gasteiger partial charge in [0.2, 0.25) is 5.91 Å². The van der Waals surface area contributed by atoms with Crippen LogP contribution in [-0.4, -0.2) is 43.5 Å². The molecule has 2 amide bonds. The standard InChI is InChI=1S/C22H29N3O3/c1-4-25(5-2)15-17-9-11-19(12-10-17)22(27)23-14-18-7-6-8-20(13-18)24-21(26)16-28-3/h6-13H,4-5,14-16H2,1-3H3,(H,23,27)(H,24,26). The number of carbonyl (C=O) groups excluding carboxylic acids is 2. The zero-order valence-electron chi connectivity index (χ0n) is 16.8. The number of nitrogens with zero attached hydrogens (tertiary/aromatic N) is 1. The molecular weight excluding hydrogens is 354 g/mol. The summed E-state index contributed by atoms with van der Waals surface area (Å²) in [5.74, 6) is -0.336. The third kappa shape index (κ3) is 6.79. The van der Waals surface area contributed by atoms with Crippen LogP contribution in [0.3, 0.4) is 0 Å². The van der Waals surface area contributed by atoms with Crippen LogP contribution in [0.4, 0.5) is 5.69 Å². The Kier molecular flexibility index (Phi) is 8.65. The minimum atomic E-state index is -0.214. The van der Waals surface area contributed by atoms with Crippen molar-refractivity contribution >= 4 is 17.5 Å². The first kappa shape index (κ1) is 21.6. The molecule has 2 aromatic rings. The van der Waals surface area contributed by atoms with E-state index in [-0.39, 0.29) is 18.4 Å². The number of hydrogen-bond acceptors (Lipinski definition) is 4. The molecular formula is C22H29N3O3. The predicted octanol–water partition coefficient (Wildman–Crippen LogP) is 3.04. The summed E-state index contributed by atoms with van der Waals surface area (Å²) >= 11 is 0. The molecule has 6 nitrogen and oxygen atoms in total. The Balaban J connectivity index is 1.90. The summed E-state index contributed by atoms with van der Waals surface area (Å²) in [7, 11) is 1.47. The fraction of sp³-hybridized carbons (Fsp3) is 0.364. The van der Waals surface area contributed by atoms with Crippen LogP contribution >= 0.6 is 0 Å². The van der Waals surface area contributed by atoms with Gasteiger partial charge >= 0.3 is 0 Å². The maximum Gasteiger partial charge on any atom is 0.251 e. The molecule has 0 bridgehead atoms. The monoisotopic (exact) mass is 383 g/mol. The van der Waals surface area contributed by atoms with Gasteiger partial charge in [-0.2, -0.15) is 0 Å². The molecule has 2 aromatic carbocycles. The van der Waals surface area contributed by atoms with E-state index in [1.54, 1.807) is 6.07 Å². The Labute approximate surface area is 166 Å². The third-order valence-corrected chi connectivity index (χ3v) is 4.46. The van der Waals surface area contributed by atoms with Gasteiger partial charge in [0.15, 0.2) is 0 Å². The largest absolute Gasteiger partial charge is 0.375 e. The van der Waals surface area contributed by atoms with Gasteiger partial charge in [0.05, 0.1) is 0 Å². The lowest BCUT2D eigenvalue weighted by atomic mass is 10.1. The highest BCUT2D eigenvalue weighted by Crippen LogP contribution is 2.12. The second kappa shape index (κ2) is 11.2. The van der Waals surface area contributed by atoms with Crippen LogP contribution < -0.4 is 10.6 Å². The van der Waals surface area contributed by atoms with Crippen LogP contribution in [0.1, 0.15) is 35.3 Å². The van der Waals surface area contributed by atoms with Gasteiger partial charge < -0.3 is 15.4 Å². The molecule has 0 fully saturated rings. The number of amides is 2. The smallest absolute Gasteiger partial charge is 0.251 e. The Bertz CT molecular complexity index is 771. The first-order chi connectivity index (χ1) is 13.5. The number of carbonyl (C=O) groups is 2. The molecule has 0 radical (unpaired) electrons. The lowest BCUT2D eigenvalue weighted by Gasteiger charge is -2.18. The van der Waals surface area contributed by atoms with Crippen molar-refractivity contribution in [2.75, 3.05) is 32.1 Å². The van der Waals surface area contributed by atoms with E-state index >= 15 is 0 Å². The highest BCUT2D eigenvalue weighted by atomic mass is 16.5. The molecule has 0 atom stereocenters. The molecule has 0 aliphatic rings.